The van der Waals surface area contributed by atoms with Crippen LogP contribution < -0.4 is 5.32 Å². The van der Waals surface area contributed by atoms with Gasteiger partial charge in [0.25, 0.3) is 0 Å². The minimum Gasteiger partial charge on any atom is -0.355 e. The highest BCUT2D eigenvalue weighted by Gasteiger charge is 2.15. The van der Waals surface area contributed by atoms with Crippen molar-refractivity contribution in [2.75, 3.05) is 38.5 Å². The van der Waals surface area contributed by atoms with Gasteiger partial charge in [0, 0.05) is 60.9 Å². The minimum atomic E-state index is -0.369. The summed E-state index contributed by atoms with van der Waals surface area (Å²) in [6.45, 7) is 5.16. The topological polar surface area (TPSA) is 47.2 Å². The molecule has 3 aromatic rings. The van der Waals surface area contributed by atoms with Crippen molar-refractivity contribution in [1.82, 2.24) is 20.0 Å². The summed E-state index contributed by atoms with van der Waals surface area (Å²) in [5.41, 5.74) is 4.58. The van der Waals surface area contributed by atoms with Gasteiger partial charge >= 0.3 is 0 Å². The maximum absolute atomic E-state index is 13.8. The third-order valence-electron chi connectivity index (χ3n) is 5.02. The average Bonchev–Trinajstić information content (AvgIpc) is 3.17. The summed E-state index contributed by atoms with van der Waals surface area (Å²) < 4.78 is 13.8. The van der Waals surface area contributed by atoms with Gasteiger partial charge in [0.05, 0.1) is 5.69 Å². The normalized spacial score (nSPS) is 15.7. The maximum Gasteiger partial charge on any atom is 0.126 e. The van der Waals surface area contributed by atoms with Crippen molar-refractivity contribution in [1.29, 1.82) is 0 Å². The van der Waals surface area contributed by atoms with Crippen molar-refractivity contribution in [3.8, 4) is 11.3 Å². The fourth-order valence-electron chi connectivity index (χ4n) is 3.48. The van der Waals surface area contributed by atoms with Crippen molar-refractivity contribution in [3.63, 3.8) is 0 Å². The number of likely N-dealkylation sites (N-methyl/N-ethyl adjacent to an activating group) is 1. The van der Waals surface area contributed by atoms with Gasteiger partial charge in [0.2, 0.25) is 0 Å². The van der Waals surface area contributed by atoms with E-state index in [1.165, 1.54) is 17.7 Å². The van der Waals surface area contributed by atoms with E-state index in [1.807, 2.05) is 6.07 Å². The molecule has 0 bridgehead atoms. The average molecular weight is 400 g/mol. The van der Waals surface area contributed by atoms with Crippen LogP contribution in [0.15, 0.2) is 48.7 Å². The molecule has 7 heteroatoms. The molecule has 0 saturated carbocycles. The van der Waals surface area contributed by atoms with Gasteiger partial charge in [0.15, 0.2) is 0 Å². The van der Waals surface area contributed by atoms with Crippen LogP contribution in [0, 0.1) is 5.82 Å². The Morgan fingerprint density at radius 1 is 1.11 bits per heavy atom. The predicted molar refractivity (Wildman–Crippen MR) is 111 cm³/mol. The number of benzene rings is 2. The first-order valence-corrected chi connectivity index (χ1v) is 9.71. The zero-order chi connectivity index (χ0) is 19.5. The lowest BCUT2D eigenvalue weighted by molar-refractivity contribution is 0.148. The van der Waals surface area contributed by atoms with Gasteiger partial charge in [-0.15, -0.1) is 0 Å². The molecule has 0 atom stereocenters. The molecule has 0 spiro atoms. The van der Waals surface area contributed by atoms with Crippen LogP contribution >= 0.6 is 11.6 Å². The number of hydrogen-bond acceptors (Lipinski definition) is 4. The van der Waals surface area contributed by atoms with Crippen LogP contribution in [0.3, 0.4) is 0 Å². The summed E-state index contributed by atoms with van der Waals surface area (Å²) in [4.78, 5) is 4.80. The second-order valence-electron chi connectivity index (χ2n) is 7.21. The summed E-state index contributed by atoms with van der Waals surface area (Å²) in [5.74, 6) is -0.369. The monoisotopic (exact) mass is 399 g/mol. The van der Waals surface area contributed by atoms with E-state index in [0.717, 1.165) is 49.7 Å². The first-order valence-electron chi connectivity index (χ1n) is 9.33. The van der Waals surface area contributed by atoms with Gasteiger partial charge in [-0.1, -0.05) is 23.7 Å². The maximum atomic E-state index is 13.8. The highest BCUT2D eigenvalue weighted by atomic mass is 35.5. The SMILES string of the molecule is CN1CCN(Cc2ccc(-c3ccn[nH]3)c(Nc3cc(F)cc(Cl)c3)c2)CC1. The van der Waals surface area contributed by atoms with Crippen LogP contribution in [0.5, 0.6) is 0 Å². The molecule has 1 aromatic heterocycles. The number of hydrogen-bond donors (Lipinski definition) is 2. The number of halogens is 2. The van der Waals surface area contributed by atoms with E-state index in [-0.39, 0.29) is 5.82 Å². The number of nitrogens with zero attached hydrogens (tertiary/aromatic N) is 3. The Balaban J connectivity index is 1.62. The van der Waals surface area contributed by atoms with Gasteiger partial charge in [0.1, 0.15) is 5.82 Å². The molecule has 5 nitrogen and oxygen atoms in total. The summed E-state index contributed by atoms with van der Waals surface area (Å²) in [5, 5.41) is 10.7. The number of H-pyrrole nitrogens is 1. The highest BCUT2D eigenvalue weighted by Crippen LogP contribution is 2.31. The lowest BCUT2D eigenvalue weighted by Gasteiger charge is -2.32. The second-order valence-corrected chi connectivity index (χ2v) is 7.65. The lowest BCUT2D eigenvalue weighted by Crippen LogP contribution is -2.43. The van der Waals surface area contributed by atoms with Crippen LogP contribution in [-0.2, 0) is 6.54 Å². The molecule has 1 aliphatic rings. The molecule has 2 heterocycles. The number of rotatable bonds is 5. The zero-order valence-electron chi connectivity index (χ0n) is 15.8. The van der Waals surface area contributed by atoms with E-state index < -0.39 is 0 Å². The molecule has 1 saturated heterocycles. The number of anilines is 2. The van der Waals surface area contributed by atoms with Gasteiger partial charge in [-0.25, -0.2) is 4.39 Å². The molecule has 0 aliphatic carbocycles. The first kappa shape index (κ1) is 18.9. The van der Waals surface area contributed by atoms with E-state index in [0.29, 0.717) is 10.7 Å². The van der Waals surface area contributed by atoms with E-state index in [1.54, 1.807) is 12.3 Å². The molecular weight excluding hydrogens is 377 g/mol. The Labute approximate surface area is 169 Å². The van der Waals surface area contributed by atoms with Crippen molar-refractivity contribution >= 4 is 23.0 Å². The fourth-order valence-corrected chi connectivity index (χ4v) is 3.70. The highest BCUT2D eigenvalue weighted by molar-refractivity contribution is 6.30. The number of nitrogens with one attached hydrogen (secondary N) is 2. The number of aromatic amines is 1. The molecule has 1 fully saturated rings. The molecule has 4 rings (SSSR count). The Bertz CT molecular complexity index is 916. The second kappa shape index (κ2) is 8.31. The first-order chi connectivity index (χ1) is 13.6. The van der Waals surface area contributed by atoms with Gasteiger partial charge in [-0.2, -0.15) is 5.10 Å². The van der Waals surface area contributed by atoms with E-state index in [4.69, 9.17) is 11.6 Å². The van der Waals surface area contributed by atoms with Gasteiger partial charge < -0.3 is 10.2 Å². The van der Waals surface area contributed by atoms with Crippen molar-refractivity contribution in [3.05, 3.63) is 65.1 Å². The Morgan fingerprint density at radius 3 is 2.64 bits per heavy atom. The van der Waals surface area contributed by atoms with Crippen LogP contribution in [0.25, 0.3) is 11.3 Å². The van der Waals surface area contributed by atoms with E-state index in [9.17, 15) is 4.39 Å². The number of piperazine rings is 1. The Morgan fingerprint density at radius 2 is 1.93 bits per heavy atom. The fraction of sp³-hybridized carbons (Fsp3) is 0.286. The lowest BCUT2D eigenvalue weighted by atomic mass is 10.0. The summed E-state index contributed by atoms with van der Waals surface area (Å²) in [6.07, 6.45) is 1.72. The molecule has 146 valence electrons. The minimum absolute atomic E-state index is 0.360. The van der Waals surface area contributed by atoms with Crippen molar-refractivity contribution in [2.45, 2.75) is 6.54 Å². The summed E-state index contributed by atoms with van der Waals surface area (Å²) >= 11 is 6.02. The predicted octanol–water partition coefficient (Wildman–Crippen LogP) is 4.36. The van der Waals surface area contributed by atoms with Crippen LogP contribution in [0.4, 0.5) is 15.8 Å². The molecule has 28 heavy (non-hydrogen) atoms. The van der Waals surface area contributed by atoms with Crippen molar-refractivity contribution < 1.29 is 4.39 Å². The standard InChI is InChI=1S/C21H23ClFN5/c1-27-6-8-28(9-7-27)14-15-2-3-19(20-4-5-24-26-20)21(10-15)25-18-12-16(22)11-17(23)13-18/h2-5,10-13,25H,6-9,14H2,1H3,(H,24,26). The van der Waals surface area contributed by atoms with Crippen LogP contribution in [0.2, 0.25) is 5.02 Å². The van der Waals surface area contributed by atoms with Gasteiger partial charge in [-0.05, 0) is 42.9 Å². The Kier molecular flexibility index (Phi) is 5.62. The smallest absolute Gasteiger partial charge is 0.126 e. The van der Waals surface area contributed by atoms with Crippen LogP contribution in [0.1, 0.15) is 5.56 Å². The summed E-state index contributed by atoms with van der Waals surface area (Å²) in [7, 11) is 2.16. The molecule has 0 radical (unpaired) electrons. The summed E-state index contributed by atoms with van der Waals surface area (Å²) in [6, 6.07) is 12.7. The quantitative estimate of drug-likeness (QED) is 0.669. The molecular formula is C21H23ClFN5. The molecule has 0 amide bonds. The molecule has 2 aromatic carbocycles. The van der Waals surface area contributed by atoms with Gasteiger partial charge in [-0.3, -0.25) is 10.00 Å². The van der Waals surface area contributed by atoms with Crippen LogP contribution in [-0.4, -0.2) is 53.2 Å². The Hall–Kier alpha value is -2.41. The number of aromatic nitrogens is 2. The molecule has 2 N–H and O–H groups in total. The molecule has 1 aliphatic heterocycles. The molecule has 0 unspecified atom stereocenters. The van der Waals surface area contributed by atoms with E-state index >= 15 is 0 Å². The van der Waals surface area contributed by atoms with E-state index in [2.05, 4.69) is 50.6 Å². The van der Waals surface area contributed by atoms with Crippen molar-refractivity contribution in [2.24, 2.45) is 0 Å². The third-order valence-corrected chi connectivity index (χ3v) is 5.24. The third kappa shape index (κ3) is 4.52. The zero-order valence-corrected chi connectivity index (χ0v) is 16.5. The largest absolute Gasteiger partial charge is 0.355 e.